The Morgan fingerprint density at radius 1 is 1.35 bits per heavy atom. The van der Waals surface area contributed by atoms with Crippen molar-refractivity contribution in [2.75, 3.05) is 6.52 Å². The van der Waals surface area contributed by atoms with Gasteiger partial charge < -0.3 is 9.47 Å². The number of amides is 1. The summed E-state index contributed by atoms with van der Waals surface area (Å²) in [5.41, 5.74) is -0.547. The van der Waals surface area contributed by atoms with Crippen LogP contribution in [0.25, 0.3) is 0 Å². The summed E-state index contributed by atoms with van der Waals surface area (Å²) in [4.78, 5) is 36.7. The summed E-state index contributed by atoms with van der Waals surface area (Å²) in [6, 6.07) is 4.68. The number of benzene rings is 1. The number of carbonyl (C=O) groups is 3. The van der Waals surface area contributed by atoms with E-state index in [1.807, 2.05) is 0 Å². The van der Waals surface area contributed by atoms with Crippen LogP contribution >= 0.6 is 0 Å². The third-order valence-electron chi connectivity index (χ3n) is 3.17. The number of hydrogen-bond acceptors (Lipinski definition) is 5. The molecule has 0 bridgehead atoms. The van der Waals surface area contributed by atoms with Crippen LogP contribution in [0.1, 0.15) is 46.7 Å². The summed E-state index contributed by atoms with van der Waals surface area (Å²) < 4.78 is 25.5. The number of carbonyl (C=O) groups excluding carboxylic acids is 3. The molecule has 23 heavy (non-hydrogen) atoms. The topological polar surface area (TPSA) is 72.9 Å². The molecular weight excluding hydrogens is 298 g/mol. The van der Waals surface area contributed by atoms with E-state index in [1.165, 1.54) is 24.3 Å². The van der Waals surface area contributed by atoms with E-state index in [-0.39, 0.29) is 11.3 Å². The molecule has 2 rings (SSSR count). The fourth-order valence-electron chi connectivity index (χ4n) is 2.16. The molecule has 1 aromatic rings. The molecule has 2 atom stereocenters. The minimum Gasteiger partial charge on any atom is -0.444 e. The quantitative estimate of drug-likeness (QED) is 0.486. The molecule has 0 aliphatic carbocycles. The Labute approximate surface area is 138 Å². The summed E-state index contributed by atoms with van der Waals surface area (Å²) in [6.45, 7) is 4.27. The number of nitrogens with zero attached hydrogens (tertiary/aromatic N) is 1. The minimum atomic E-state index is -0.894. The SMILES string of the molecule is [2H]C(=O)c1ccc(OC(=O)[C@@H]2CCC([2H])N2C(=O)OC(C)(C)C)cc1. The molecule has 0 radical (unpaired) electrons. The van der Waals surface area contributed by atoms with Crippen LogP contribution in [0.15, 0.2) is 24.3 Å². The van der Waals surface area contributed by atoms with Gasteiger partial charge in [-0.15, -0.1) is 0 Å². The van der Waals surface area contributed by atoms with Gasteiger partial charge in [-0.3, -0.25) is 9.69 Å². The van der Waals surface area contributed by atoms with Gasteiger partial charge in [0.25, 0.3) is 0 Å². The highest BCUT2D eigenvalue weighted by atomic mass is 16.6. The molecule has 0 N–H and O–H groups in total. The van der Waals surface area contributed by atoms with Crippen LogP contribution in [0.2, 0.25) is 0 Å². The van der Waals surface area contributed by atoms with Gasteiger partial charge in [0.15, 0.2) is 0 Å². The third kappa shape index (κ3) is 4.55. The molecule has 1 unspecified atom stereocenters. The molecule has 0 saturated carbocycles. The monoisotopic (exact) mass is 321 g/mol. The predicted molar refractivity (Wildman–Crippen MR) is 83.4 cm³/mol. The van der Waals surface area contributed by atoms with Crippen molar-refractivity contribution in [2.24, 2.45) is 0 Å². The average molecular weight is 321 g/mol. The molecule has 1 aliphatic rings. The van der Waals surface area contributed by atoms with Crippen LogP contribution in [-0.4, -0.2) is 41.4 Å². The van der Waals surface area contributed by atoms with Crippen LogP contribution in [0.3, 0.4) is 0 Å². The first-order valence-electron chi connectivity index (χ1n) is 8.42. The predicted octanol–water partition coefficient (Wildman–Crippen LogP) is 2.80. The number of ether oxygens (including phenoxy) is 2. The number of aldehydes is 1. The minimum absolute atomic E-state index is 0.183. The Hall–Kier alpha value is -2.37. The lowest BCUT2D eigenvalue weighted by molar-refractivity contribution is -0.139. The van der Waals surface area contributed by atoms with Crippen molar-refractivity contribution < 1.29 is 26.6 Å². The smallest absolute Gasteiger partial charge is 0.411 e. The molecule has 1 saturated heterocycles. The zero-order chi connectivity index (χ0) is 18.8. The maximum absolute atomic E-state index is 12.4. The Balaban J connectivity index is 2.08. The van der Waals surface area contributed by atoms with Crippen molar-refractivity contribution in [3.63, 3.8) is 0 Å². The van der Waals surface area contributed by atoms with Gasteiger partial charge in [0, 0.05) is 13.5 Å². The average Bonchev–Trinajstić information content (AvgIpc) is 2.88. The number of esters is 1. The summed E-state index contributed by atoms with van der Waals surface area (Å²) in [5, 5.41) is 0. The lowest BCUT2D eigenvalue weighted by atomic mass is 10.2. The maximum atomic E-state index is 12.4. The molecule has 124 valence electrons. The first-order valence-corrected chi connectivity index (χ1v) is 7.35. The highest BCUT2D eigenvalue weighted by Crippen LogP contribution is 2.23. The Morgan fingerprint density at radius 3 is 2.57 bits per heavy atom. The lowest BCUT2D eigenvalue weighted by Gasteiger charge is -2.27. The van der Waals surface area contributed by atoms with E-state index < -0.39 is 36.5 Å². The van der Waals surface area contributed by atoms with Crippen molar-refractivity contribution in [1.82, 2.24) is 4.90 Å². The zero-order valence-corrected chi connectivity index (χ0v) is 13.4. The zero-order valence-electron chi connectivity index (χ0n) is 15.4. The Kier molecular flexibility index (Phi) is 4.22. The highest BCUT2D eigenvalue weighted by Gasteiger charge is 2.37. The van der Waals surface area contributed by atoms with Crippen LogP contribution in [-0.2, 0) is 9.53 Å². The molecule has 1 aromatic carbocycles. The Bertz CT molecular complexity index is 669. The van der Waals surface area contributed by atoms with Crippen molar-refractivity contribution in [2.45, 2.75) is 45.3 Å². The van der Waals surface area contributed by atoms with Gasteiger partial charge in [0.2, 0.25) is 0 Å². The van der Waals surface area contributed by atoms with Gasteiger partial charge in [-0.25, -0.2) is 9.59 Å². The maximum Gasteiger partial charge on any atom is 0.411 e. The van der Waals surface area contributed by atoms with Crippen LogP contribution in [0, 0.1) is 0 Å². The second-order valence-corrected chi connectivity index (χ2v) is 6.21. The van der Waals surface area contributed by atoms with E-state index >= 15 is 0 Å². The van der Waals surface area contributed by atoms with E-state index in [4.69, 9.17) is 12.2 Å². The fourth-order valence-corrected chi connectivity index (χ4v) is 2.16. The van der Waals surface area contributed by atoms with Crippen molar-refractivity contribution in [3.05, 3.63) is 29.8 Å². The van der Waals surface area contributed by atoms with E-state index in [0.717, 1.165) is 4.90 Å². The molecule has 6 nitrogen and oxygen atoms in total. The largest absolute Gasteiger partial charge is 0.444 e. The second-order valence-electron chi connectivity index (χ2n) is 6.21. The van der Waals surface area contributed by atoms with Crippen molar-refractivity contribution >= 4 is 18.3 Å². The molecule has 0 aromatic heterocycles. The molecule has 1 amide bonds. The van der Waals surface area contributed by atoms with Crippen LogP contribution in [0.4, 0.5) is 4.79 Å². The molecule has 6 heteroatoms. The van der Waals surface area contributed by atoms with Crippen LogP contribution < -0.4 is 4.74 Å². The first kappa shape index (κ1) is 14.2. The van der Waals surface area contributed by atoms with Crippen molar-refractivity contribution in [1.29, 1.82) is 0 Å². The summed E-state index contributed by atoms with van der Waals surface area (Å²) in [6.07, 6.45) is -0.884. The first-order chi connectivity index (χ1) is 11.6. The molecular formula is C17H21NO5. The molecule has 0 spiro atoms. The van der Waals surface area contributed by atoms with Gasteiger partial charge >= 0.3 is 12.1 Å². The van der Waals surface area contributed by atoms with Gasteiger partial charge in [-0.2, -0.15) is 0 Å². The molecule has 1 heterocycles. The normalized spacial score (nSPS) is 22.1. The van der Waals surface area contributed by atoms with Gasteiger partial charge in [-0.1, -0.05) is 0 Å². The summed E-state index contributed by atoms with van der Waals surface area (Å²) in [5.74, 6) is -0.460. The van der Waals surface area contributed by atoms with Crippen molar-refractivity contribution in [3.8, 4) is 5.75 Å². The van der Waals surface area contributed by atoms with Crippen LogP contribution in [0.5, 0.6) is 5.75 Å². The Morgan fingerprint density at radius 2 is 2.00 bits per heavy atom. The highest BCUT2D eigenvalue weighted by molar-refractivity contribution is 5.84. The number of hydrogen-bond donors (Lipinski definition) is 0. The number of rotatable bonds is 3. The lowest BCUT2D eigenvalue weighted by Crippen LogP contribution is -2.44. The third-order valence-corrected chi connectivity index (χ3v) is 3.17. The van der Waals surface area contributed by atoms with Gasteiger partial charge in [-0.05, 0) is 57.9 Å². The second kappa shape index (κ2) is 6.81. The van der Waals surface area contributed by atoms with Gasteiger partial charge in [0.05, 0.1) is 0 Å². The summed E-state index contributed by atoms with van der Waals surface area (Å²) >= 11 is 0. The van der Waals surface area contributed by atoms with Gasteiger partial charge in [0.1, 0.15) is 25.0 Å². The van der Waals surface area contributed by atoms with E-state index in [9.17, 15) is 14.4 Å². The summed E-state index contributed by atoms with van der Waals surface area (Å²) in [7, 11) is 0. The molecule has 1 fully saturated rings. The van der Waals surface area contributed by atoms with E-state index in [0.29, 0.717) is 12.8 Å². The number of likely N-dealkylation sites (tertiary alicyclic amines) is 1. The van der Waals surface area contributed by atoms with E-state index in [2.05, 4.69) is 0 Å². The fraction of sp³-hybridized carbons (Fsp3) is 0.471. The molecule has 1 aliphatic heterocycles. The standard InChI is InChI=1S/C17H21NO5/c1-17(2,3)23-16(21)18-10-4-5-14(18)15(20)22-13-8-6-12(11-19)7-9-13/h6-9,11,14H,4-5,10H2,1-3H3/t14-/m0/s1/i10D,11D/t10?,14-. The van der Waals surface area contributed by atoms with E-state index in [1.54, 1.807) is 20.8 Å².